The van der Waals surface area contributed by atoms with E-state index in [9.17, 15) is 13.6 Å². The van der Waals surface area contributed by atoms with E-state index in [-0.39, 0.29) is 11.9 Å². The Kier molecular flexibility index (Phi) is 6.88. The maximum atomic E-state index is 14.4. The topological polar surface area (TPSA) is 50.2 Å². The van der Waals surface area contributed by atoms with Gasteiger partial charge < -0.3 is 5.32 Å². The molecule has 2 heterocycles. The van der Waals surface area contributed by atoms with E-state index in [4.69, 9.17) is 5.10 Å². The lowest BCUT2D eigenvalue weighted by molar-refractivity contribution is -0.127. The van der Waals surface area contributed by atoms with Gasteiger partial charge in [0.1, 0.15) is 6.04 Å². The lowest BCUT2D eigenvalue weighted by atomic mass is 9.88. The molecule has 1 aromatic heterocycles. The van der Waals surface area contributed by atoms with E-state index in [1.807, 2.05) is 41.9 Å². The normalized spacial score (nSPS) is 16.9. The van der Waals surface area contributed by atoms with Crippen LogP contribution >= 0.6 is 0 Å². The Balaban J connectivity index is 1.76. The summed E-state index contributed by atoms with van der Waals surface area (Å²) in [4.78, 5) is 15.3. The Morgan fingerprint density at radius 2 is 1.94 bits per heavy atom. The van der Waals surface area contributed by atoms with Crippen molar-refractivity contribution in [2.24, 2.45) is 0 Å². The molecule has 5 nitrogen and oxygen atoms in total. The van der Waals surface area contributed by atoms with Crippen molar-refractivity contribution in [1.29, 1.82) is 0 Å². The molecule has 0 radical (unpaired) electrons. The number of amides is 1. The summed E-state index contributed by atoms with van der Waals surface area (Å²) in [7, 11) is 1.64. The number of hydrogen-bond acceptors (Lipinski definition) is 3. The number of carbonyl (C=O) groups excluding carboxylic acids is 1. The van der Waals surface area contributed by atoms with Gasteiger partial charge in [-0.2, -0.15) is 5.10 Å². The largest absolute Gasteiger partial charge is 0.358 e. The molecule has 1 N–H and O–H groups in total. The van der Waals surface area contributed by atoms with Crippen molar-refractivity contribution in [2.45, 2.75) is 51.7 Å². The number of hydrogen-bond donors (Lipinski definition) is 1. The van der Waals surface area contributed by atoms with Gasteiger partial charge in [0, 0.05) is 43.9 Å². The second-order valence-corrected chi connectivity index (χ2v) is 8.44. The highest BCUT2D eigenvalue weighted by Gasteiger charge is 2.39. The monoisotopic (exact) mass is 452 g/mol. The van der Waals surface area contributed by atoms with Gasteiger partial charge in [0.25, 0.3) is 0 Å². The van der Waals surface area contributed by atoms with Crippen molar-refractivity contribution in [2.75, 3.05) is 13.6 Å². The van der Waals surface area contributed by atoms with Crippen LogP contribution in [0.3, 0.4) is 0 Å². The number of benzene rings is 2. The maximum absolute atomic E-state index is 14.4. The third-order valence-electron chi connectivity index (χ3n) is 6.58. The van der Waals surface area contributed by atoms with Gasteiger partial charge in [0.15, 0.2) is 11.6 Å². The smallest absolute Gasteiger partial charge is 0.241 e. The number of nitrogens with one attached hydrogen (secondary N) is 1. The molecule has 2 aromatic carbocycles. The Morgan fingerprint density at radius 3 is 2.64 bits per heavy atom. The molecule has 2 atom stereocenters. The fraction of sp³-hybridized carbons (Fsp3) is 0.385. The third kappa shape index (κ3) is 4.42. The Morgan fingerprint density at radius 1 is 1.18 bits per heavy atom. The van der Waals surface area contributed by atoms with Crippen molar-refractivity contribution in [3.05, 3.63) is 88.2 Å². The first-order valence-electron chi connectivity index (χ1n) is 11.5. The Hall–Kier alpha value is -3.06. The summed E-state index contributed by atoms with van der Waals surface area (Å²) >= 11 is 0. The molecule has 0 saturated heterocycles. The predicted octanol–water partition coefficient (Wildman–Crippen LogP) is 4.51. The number of carbonyl (C=O) groups is 1. The van der Waals surface area contributed by atoms with Gasteiger partial charge in [-0.25, -0.2) is 8.78 Å². The fourth-order valence-electron chi connectivity index (χ4n) is 5.08. The molecule has 1 amide bonds. The van der Waals surface area contributed by atoms with Crippen LogP contribution in [0.25, 0.3) is 0 Å². The molecule has 0 bridgehead atoms. The zero-order valence-electron chi connectivity index (χ0n) is 19.3. The molecule has 1 aliphatic heterocycles. The highest BCUT2D eigenvalue weighted by Crippen LogP contribution is 2.40. The minimum absolute atomic E-state index is 0.0906. The van der Waals surface area contributed by atoms with Gasteiger partial charge >= 0.3 is 0 Å². The van der Waals surface area contributed by atoms with Crippen LogP contribution in [0, 0.1) is 18.6 Å². The average Bonchev–Trinajstić information content (AvgIpc) is 3.17. The molecule has 0 aliphatic carbocycles. The van der Waals surface area contributed by atoms with Gasteiger partial charge in [-0.05, 0) is 43.9 Å². The summed E-state index contributed by atoms with van der Waals surface area (Å²) in [5, 5.41) is 7.55. The van der Waals surface area contributed by atoms with Gasteiger partial charge in [-0.3, -0.25) is 14.4 Å². The van der Waals surface area contributed by atoms with Crippen LogP contribution in [0.2, 0.25) is 0 Å². The second-order valence-electron chi connectivity index (χ2n) is 8.44. The van der Waals surface area contributed by atoms with Gasteiger partial charge in [-0.1, -0.05) is 42.5 Å². The summed E-state index contributed by atoms with van der Waals surface area (Å²) < 4.78 is 30.3. The highest BCUT2D eigenvalue weighted by atomic mass is 19.2. The standard InChI is InChI=1S/C26H30F2N4O/c1-4-32-22-15-16-31(25(26(33)29-3)19-9-6-5-7-10-19)21(23(22)17(2)30-32)14-13-18-11-8-12-20(27)24(18)28/h5-12,21,25H,4,13-16H2,1-3H3,(H,29,33)/t21-,25+/m0/s1. The molecule has 1 aliphatic rings. The summed E-state index contributed by atoms with van der Waals surface area (Å²) in [5.41, 5.74) is 4.44. The lowest BCUT2D eigenvalue weighted by Crippen LogP contribution is -2.45. The van der Waals surface area contributed by atoms with Crippen molar-refractivity contribution in [3.8, 4) is 0 Å². The van der Waals surface area contributed by atoms with Crippen LogP contribution in [0.4, 0.5) is 8.78 Å². The summed E-state index contributed by atoms with van der Waals surface area (Å²) in [6, 6.07) is 13.4. The fourth-order valence-corrected chi connectivity index (χ4v) is 5.08. The number of rotatable bonds is 7. The first-order chi connectivity index (χ1) is 16.0. The van der Waals surface area contributed by atoms with Crippen LogP contribution in [0.15, 0.2) is 48.5 Å². The first kappa shape index (κ1) is 23.1. The SMILES string of the molecule is CCn1nc(C)c2c1CCN([C@@H](C(=O)NC)c1ccccc1)[C@H]2CCc1cccc(F)c1F. The maximum Gasteiger partial charge on any atom is 0.241 e. The average molecular weight is 453 g/mol. The van der Waals surface area contributed by atoms with Crippen molar-refractivity contribution in [3.63, 3.8) is 0 Å². The first-order valence-corrected chi connectivity index (χ1v) is 11.5. The van der Waals surface area contributed by atoms with Gasteiger partial charge in [-0.15, -0.1) is 0 Å². The summed E-state index contributed by atoms with van der Waals surface area (Å²) in [6.45, 7) is 5.48. The van der Waals surface area contributed by atoms with E-state index in [0.717, 1.165) is 35.9 Å². The molecular weight excluding hydrogens is 422 g/mol. The zero-order chi connectivity index (χ0) is 23.5. The second kappa shape index (κ2) is 9.83. The van der Waals surface area contributed by atoms with Gasteiger partial charge in [0.2, 0.25) is 5.91 Å². The number of aromatic nitrogens is 2. The van der Waals surface area contributed by atoms with Crippen LogP contribution in [0.5, 0.6) is 0 Å². The van der Waals surface area contributed by atoms with Crippen LogP contribution in [-0.4, -0.2) is 34.2 Å². The number of likely N-dealkylation sites (N-methyl/N-ethyl adjacent to an activating group) is 1. The van der Waals surface area contributed by atoms with E-state index in [1.165, 1.54) is 11.8 Å². The molecule has 33 heavy (non-hydrogen) atoms. The van der Waals surface area contributed by atoms with E-state index in [1.54, 1.807) is 13.1 Å². The molecule has 0 spiro atoms. The number of aryl methyl sites for hydroxylation is 3. The predicted molar refractivity (Wildman–Crippen MR) is 124 cm³/mol. The summed E-state index contributed by atoms with van der Waals surface area (Å²) in [5.74, 6) is -1.73. The van der Waals surface area contributed by atoms with E-state index in [0.29, 0.717) is 24.9 Å². The van der Waals surface area contributed by atoms with Crippen molar-refractivity contribution < 1.29 is 13.6 Å². The number of nitrogens with zero attached hydrogens (tertiary/aromatic N) is 3. The van der Waals surface area contributed by atoms with Crippen LogP contribution in [0.1, 0.15) is 53.5 Å². The summed E-state index contributed by atoms with van der Waals surface area (Å²) in [6.07, 6.45) is 1.68. The zero-order valence-corrected chi connectivity index (χ0v) is 19.3. The molecule has 4 rings (SSSR count). The lowest BCUT2D eigenvalue weighted by Gasteiger charge is -2.41. The van der Waals surface area contributed by atoms with E-state index < -0.39 is 17.7 Å². The van der Waals surface area contributed by atoms with Crippen LogP contribution < -0.4 is 5.32 Å². The van der Waals surface area contributed by atoms with Crippen molar-refractivity contribution in [1.82, 2.24) is 20.0 Å². The molecular formula is C26H30F2N4O. The van der Waals surface area contributed by atoms with E-state index >= 15 is 0 Å². The quantitative estimate of drug-likeness (QED) is 0.574. The minimum atomic E-state index is -0.837. The molecule has 0 fully saturated rings. The number of halogens is 2. The highest BCUT2D eigenvalue weighted by molar-refractivity contribution is 5.83. The van der Waals surface area contributed by atoms with Gasteiger partial charge in [0.05, 0.1) is 5.69 Å². The Labute approximate surface area is 193 Å². The third-order valence-corrected chi connectivity index (χ3v) is 6.58. The minimum Gasteiger partial charge on any atom is -0.358 e. The molecule has 0 unspecified atom stereocenters. The molecule has 7 heteroatoms. The van der Waals surface area contributed by atoms with Crippen molar-refractivity contribution >= 4 is 5.91 Å². The molecule has 174 valence electrons. The molecule has 3 aromatic rings. The van der Waals surface area contributed by atoms with E-state index in [2.05, 4.69) is 17.1 Å². The Bertz CT molecular complexity index is 1130. The number of fused-ring (bicyclic) bond motifs is 1. The van der Waals surface area contributed by atoms with Crippen LogP contribution in [-0.2, 0) is 24.2 Å². The molecule has 0 saturated carbocycles.